The smallest absolute Gasteiger partial charge is 0.274 e. The van der Waals surface area contributed by atoms with Gasteiger partial charge in [0.05, 0.1) is 19.9 Å². The summed E-state index contributed by atoms with van der Waals surface area (Å²) in [5, 5.41) is 6.03. The number of amides is 1. The van der Waals surface area contributed by atoms with Crippen LogP contribution in [0.3, 0.4) is 0 Å². The van der Waals surface area contributed by atoms with E-state index < -0.39 is 0 Å². The summed E-state index contributed by atoms with van der Waals surface area (Å²) in [6.45, 7) is 3.73. The van der Waals surface area contributed by atoms with Crippen LogP contribution < -0.4 is 20.1 Å². The fourth-order valence-corrected chi connectivity index (χ4v) is 2.70. The predicted molar refractivity (Wildman–Crippen MR) is 109 cm³/mol. The van der Waals surface area contributed by atoms with Crippen molar-refractivity contribution < 1.29 is 14.3 Å². The van der Waals surface area contributed by atoms with Crippen LogP contribution in [0.5, 0.6) is 11.5 Å². The first-order valence-electron chi connectivity index (χ1n) is 8.71. The van der Waals surface area contributed by atoms with Crippen LogP contribution in [-0.4, -0.2) is 30.1 Å². The summed E-state index contributed by atoms with van der Waals surface area (Å²) in [5.41, 5.74) is 2.71. The number of aromatic nitrogens is 2. The molecule has 0 saturated carbocycles. The van der Waals surface area contributed by atoms with Gasteiger partial charge in [0.25, 0.3) is 5.91 Å². The molecule has 0 aliphatic carbocycles. The van der Waals surface area contributed by atoms with Gasteiger partial charge in [0, 0.05) is 17.8 Å². The van der Waals surface area contributed by atoms with E-state index in [2.05, 4.69) is 20.6 Å². The van der Waals surface area contributed by atoms with Gasteiger partial charge in [0.1, 0.15) is 28.8 Å². The Morgan fingerprint density at radius 1 is 0.964 bits per heavy atom. The van der Waals surface area contributed by atoms with Crippen LogP contribution in [0.2, 0.25) is 0 Å². The van der Waals surface area contributed by atoms with E-state index in [0.29, 0.717) is 28.8 Å². The molecule has 0 atom stereocenters. The largest absolute Gasteiger partial charge is 0.497 e. The highest BCUT2D eigenvalue weighted by Crippen LogP contribution is 2.28. The molecule has 3 aromatic rings. The first-order chi connectivity index (χ1) is 13.5. The van der Waals surface area contributed by atoms with Crippen LogP contribution >= 0.6 is 0 Å². The summed E-state index contributed by atoms with van der Waals surface area (Å²) < 4.78 is 10.6. The normalized spacial score (nSPS) is 10.3. The minimum absolute atomic E-state index is 0.254. The molecule has 2 N–H and O–H groups in total. The van der Waals surface area contributed by atoms with Gasteiger partial charge in [-0.25, -0.2) is 9.97 Å². The maximum absolute atomic E-state index is 12.7. The molecule has 28 heavy (non-hydrogen) atoms. The molecule has 0 aliphatic rings. The molecular formula is C21H22N4O3. The molecule has 0 unspecified atom stereocenters. The molecule has 0 spiro atoms. The van der Waals surface area contributed by atoms with Gasteiger partial charge >= 0.3 is 0 Å². The number of anilines is 3. The van der Waals surface area contributed by atoms with Gasteiger partial charge in [-0.3, -0.25) is 4.79 Å². The van der Waals surface area contributed by atoms with Crippen molar-refractivity contribution in [3.8, 4) is 11.5 Å². The molecule has 7 nitrogen and oxygen atoms in total. The average molecular weight is 378 g/mol. The lowest BCUT2D eigenvalue weighted by molar-refractivity contribution is 0.102. The van der Waals surface area contributed by atoms with E-state index in [-0.39, 0.29) is 11.6 Å². The molecule has 0 fully saturated rings. The van der Waals surface area contributed by atoms with Gasteiger partial charge in [-0.15, -0.1) is 0 Å². The molecule has 0 saturated heterocycles. The highest BCUT2D eigenvalue weighted by Gasteiger charge is 2.13. The third kappa shape index (κ3) is 4.56. The Hall–Kier alpha value is -3.61. The van der Waals surface area contributed by atoms with Gasteiger partial charge in [-0.1, -0.05) is 12.1 Å². The number of aryl methyl sites for hydroxylation is 2. The molecule has 144 valence electrons. The summed E-state index contributed by atoms with van der Waals surface area (Å²) in [6, 6.07) is 14.5. The molecule has 1 aromatic heterocycles. The van der Waals surface area contributed by atoms with Gasteiger partial charge in [0.2, 0.25) is 0 Å². The summed E-state index contributed by atoms with van der Waals surface area (Å²) in [7, 11) is 3.18. The van der Waals surface area contributed by atoms with Crippen molar-refractivity contribution in [1.29, 1.82) is 0 Å². The molecule has 3 rings (SSSR count). The predicted octanol–water partition coefficient (Wildman–Crippen LogP) is 4.11. The number of nitrogens with zero attached hydrogens (tertiary/aromatic N) is 2. The summed E-state index contributed by atoms with van der Waals surface area (Å²) >= 11 is 0. The molecular weight excluding hydrogens is 356 g/mol. The van der Waals surface area contributed by atoms with Crippen LogP contribution in [0.25, 0.3) is 0 Å². The third-order valence-electron chi connectivity index (χ3n) is 4.02. The van der Waals surface area contributed by atoms with Crippen LogP contribution in [0, 0.1) is 13.8 Å². The number of carbonyl (C=O) groups excluding carboxylic acids is 1. The number of rotatable bonds is 6. The summed E-state index contributed by atoms with van der Waals surface area (Å²) in [6.07, 6.45) is 0. The molecule has 1 heterocycles. The monoisotopic (exact) mass is 378 g/mol. The van der Waals surface area contributed by atoms with Crippen LogP contribution in [0.4, 0.5) is 17.2 Å². The van der Waals surface area contributed by atoms with Crippen molar-refractivity contribution in [2.45, 2.75) is 13.8 Å². The number of carbonyl (C=O) groups is 1. The Morgan fingerprint density at radius 3 is 2.54 bits per heavy atom. The van der Waals surface area contributed by atoms with Gasteiger partial charge in [-0.05, 0) is 43.7 Å². The van der Waals surface area contributed by atoms with Crippen molar-refractivity contribution in [3.05, 3.63) is 65.6 Å². The quantitative estimate of drug-likeness (QED) is 0.671. The van der Waals surface area contributed by atoms with Crippen molar-refractivity contribution in [3.63, 3.8) is 0 Å². The molecule has 0 bridgehead atoms. The summed E-state index contributed by atoms with van der Waals surface area (Å²) in [5.74, 6) is 1.99. The Labute approximate surface area is 163 Å². The lowest BCUT2D eigenvalue weighted by atomic mass is 10.2. The molecule has 0 radical (unpaired) electrons. The van der Waals surface area contributed by atoms with E-state index in [1.165, 1.54) is 0 Å². The Balaban J connectivity index is 1.85. The summed E-state index contributed by atoms with van der Waals surface area (Å²) in [4.78, 5) is 21.3. The topological polar surface area (TPSA) is 85.4 Å². The zero-order chi connectivity index (χ0) is 20.1. The molecule has 1 amide bonds. The van der Waals surface area contributed by atoms with E-state index in [1.54, 1.807) is 45.4 Å². The van der Waals surface area contributed by atoms with Crippen molar-refractivity contribution in [2.75, 3.05) is 24.9 Å². The van der Waals surface area contributed by atoms with Crippen molar-refractivity contribution in [1.82, 2.24) is 9.97 Å². The minimum atomic E-state index is -0.335. The van der Waals surface area contributed by atoms with Crippen molar-refractivity contribution in [2.24, 2.45) is 0 Å². The first kappa shape index (κ1) is 19.2. The minimum Gasteiger partial charge on any atom is -0.497 e. The van der Waals surface area contributed by atoms with Gasteiger partial charge < -0.3 is 20.1 Å². The third-order valence-corrected chi connectivity index (χ3v) is 4.02. The second-order valence-electron chi connectivity index (χ2n) is 6.20. The Morgan fingerprint density at radius 2 is 1.79 bits per heavy atom. The van der Waals surface area contributed by atoms with E-state index >= 15 is 0 Å². The molecule has 2 aromatic carbocycles. The number of benzene rings is 2. The average Bonchev–Trinajstić information content (AvgIpc) is 2.68. The highest BCUT2D eigenvalue weighted by molar-refractivity contribution is 6.03. The number of nitrogens with one attached hydrogen (secondary N) is 2. The first-order valence-corrected chi connectivity index (χ1v) is 8.71. The highest BCUT2D eigenvalue weighted by atomic mass is 16.5. The standard InChI is InChI=1S/C21H22N4O3/c1-13-8-9-19(28-4)17(10-13)25-20-12-18(22-14(2)23-20)21(26)24-15-6-5-7-16(11-15)27-3/h5-12H,1-4H3,(H,24,26)(H,22,23,25). The van der Waals surface area contributed by atoms with E-state index in [0.717, 1.165) is 11.3 Å². The number of ether oxygens (including phenoxy) is 2. The van der Waals surface area contributed by atoms with Crippen molar-refractivity contribution >= 4 is 23.1 Å². The van der Waals surface area contributed by atoms with E-state index in [4.69, 9.17) is 9.47 Å². The fourth-order valence-electron chi connectivity index (χ4n) is 2.70. The number of methoxy groups -OCH3 is 2. The Kier molecular flexibility index (Phi) is 5.74. The lowest BCUT2D eigenvalue weighted by Crippen LogP contribution is -2.15. The van der Waals surface area contributed by atoms with E-state index in [1.807, 2.05) is 31.2 Å². The van der Waals surface area contributed by atoms with Gasteiger partial charge in [-0.2, -0.15) is 0 Å². The van der Waals surface area contributed by atoms with Crippen LogP contribution in [0.1, 0.15) is 21.9 Å². The Bertz CT molecular complexity index is 1000. The molecule has 0 aliphatic heterocycles. The number of hydrogen-bond acceptors (Lipinski definition) is 6. The second kappa shape index (κ2) is 8.39. The lowest BCUT2D eigenvalue weighted by Gasteiger charge is -2.13. The zero-order valence-corrected chi connectivity index (χ0v) is 16.2. The maximum Gasteiger partial charge on any atom is 0.274 e. The number of hydrogen-bond donors (Lipinski definition) is 2. The second-order valence-corrected chi connectivity index (χ2v) is 6.20. The zero-order valence-electron chi connectivity index (χ0n) is 16.2. The van der Waals surface area contributed by atoms with Crippen LogP contribution in [-0.2, 0) is 0 Å². The molecule has 7 heteroatoms. The fraction of sp³-hybridized carbons (Fsp3) is 0.190. The van der Waals surface area contributed by atoms with Gasteiger partial charge in [0.15, 0.2) is 0 Å². The van der Waals surface area contributed by atoms with Crippen LogP contribution in [0.15, 0.2) is 48.5 Å². The van der Waals surface area contributed by atoms with E-state index in [9.17, 15) is 4.79 Å². The maximum atomic E-state index is 12.7. The SMILES string of the molecule is COc1cccc(NC(=O)c2cc(Nc3cc(C)ccc3OC)nc(C)n2)c1.